The summed E-state index contributed by atoms with van der Waals surface area (Å²) in [5.74, 6) is 3.40. The van der Waals surface area contributed by atoms with E-state index in [4.69, 9.17) is 43.4 Å². The first kappa shape index (κ1) is 20.8. The number of hydrogen-bond donors (Lipinski definition) is 0. The van der Waals surface area contributed by atoms with Crippen LogP contribution in [0.4, 0.5) is 0 Å². The van der Waals surface area contributed by atoms with E-state index in [1.165, 1.54) is 11.1 Å². The van der Waals surface area contributed by atoms with E-state index >= 15 is 0 Å². The van der Waals surface area contributed by atoms with E-state index in [0.29, 0.717) is 22.0 Å². The molecule has 0 saturated carbocycles. The minimum Gasteiger partial charge on any atom is -0.490 e. The van der Waals surface area contributed by atoms with Crippen LogP contribution in [0.15, 0.2) is 48.5 Å². The average Bonchev–Trinajstić information content (AvgIpc) is 3.35. The van der Waals surface area contributed by atoms with Crippen LogP contribution < -0.4 is 9.47 Å². The van der Waals surface area contributed by atoms with Crippen LogP contribution in [0.2, 0.25) is 0 Å². The van der Waals surface area contributed by atoms with E-state index < -0.39 is 0 Å². The molecule has 2 aromatic carbocycles. The second kappa shape index (κ2) is 10.0. The Morgan fingerprint density at radius 3 is 1.48 bits per heavy atom. The fourth-order valence-electron chi connectivity index (χ4n) is 2.92. The number of thioether (sulfide) groups is 2. The van der Waals surface area contributed by atoms with Gasteiger partial charge < -0.3 is 18.9 Å². The number of rotatable bonds is 8. The lowest BCUT2D eigenvalue weighted by molar-refractivity contribution is 0.151. The highest BCUT2D eigenvalue weighted by molar-refractivity contribution is 8.23. The molecule has 2 aliphatic heterocycles. The summed E-state index contributed by atoms with van der Waals surface area (Å²) in [7, 11) is 0. The number of ether oxygens (including phenoxy) is 4. The largest absolute Gasteiger partial charge is 0.490 e. The van der Waals surface area contributed by atoms with Gasteiger partial charge in [-0.1, -0.05) is 47.8 Å². The molecular weight excluding hydrogens is 444 g/mol. The van der Waals surface area contributed by atoms with Gasteiger partial charge in [-0.3, -0.25) is 0 Å². The van der Waals surface area contributed by atoms with Crippen molar-refractivity contribution in [2.45, 2.75) is 18.6 Å². The summed E-state index contributed by atoms with van der Waals surface area (Å²) in [5, 5.41) is 0. The Bertz CT molecular complexity index is 782. The maximum Gasteiger partial charge on any atom is 0.220 e. The Labute approximate surface area is 189 Å². The SMILES string of the molecule is S=C1OC(COc2ccc(Cc3ccc(OCC4CSC(=S)O4)cc3)cc2)CS1. The Balaban J connectivity index is 1.23. The number of thiocarbonyl (C=S) groups is 2. The monoisotopic (exact) mass is 464 g/mol. The van der Waals surface area contributed by atoms with E-state index in [9.17, 15) is 0 Å². The molecule has 2 heterocycles. The quantitative estimate of drug-likeness (QED) is 0.512. The summed E-state index contributed by atoms with van der Waals surface area (Å²) >= 11 is 13.2. The van der Waals surface area contributed by atoms with Crippen molar-refractivity contribution in [2.75, 3.05) is 24.7 Å². The summed E-state index contributed by atoms with van der Waals surface area (Å²) in [5.41, 5.74) is 2.45. The van der Waals surface area contributed by atoms with Crippen molar-refractivity contribution >= 4 is 56.7 Å². The zero-order valence-electron chi connectivity index (χ0n) is 15.6. The van der Waals surface area contributed by atoms with Crippen LogP contribution in [0, 0.1) is 0 Å². The topological polar surface area (TPSA) is 36.9 Å². The standard InChI is InChI=1S/C21H20O4S4/c26-20-24-18(12-28-20)10-22-16-5-1-14(2-6-16)9-15-3-7-17(8-4-15)23-11-19-13-29-21(27)25-19/h1-8,18-19H,9-13H2. The fourth-order valence-corrected chi connectivity index (χ4v) is 4.98. The van der Waals surface area contributed by atoms with Gasteiger partial charge in [-0.15, -0.1) is 0 Å². The molecule has 0 radical (unpaired) electrons. The third-order valence-electron chi connectivity index (χ3n) is 4.43. The van der Waals surface area contributed by atoms with Crippen LogP contribution in [-0.4, -0.2) is 45.7 Å². The van der Waals surface area contributed by atoms with Gasteiger partial charge in [0.25, 0.3) is 0 Å². The normalized spacial score (nSPS) is 21.0. The van der Waals surface area contributed by atoms with Crippen molar-refractivity contribution in [1.82, 2.24) is 0 Å². The van der Waals surface area contributed by atoms with Gasteiger partial charge in [0, 0.05) is 11.5 Å². The number of benzene rings is 2. The van der Waals surface area contributed by atoms with Crippen LogP contribution in [0.25, 0.3) is 0 Å². The van der Waals surface area contributed by atoms with Crippen molar-refractivity contribution in [2.24, 2.45) is 0 Å². The molecule has 8 heteroatoms. The highest BCUT2D eigenvalue weighted by atomic mass is 32.2. The van der Waals surface area contributed by atoms with Crippen LogP contribution >= 0.6 is 48.0 Å². The summed E-state index contributed by atoms with van der Waals surface area (Å²) in [6.45, 7) is 1.04. The lowest BCUT2D eigenvalue weighted by Crippen LogP contribution is -2.19. The minimum atomic E-state index is 0.0449. The minimum absolute atomic E-state index is 0.0449. The predicted octanol–water partition coefficient (Wildman–Crippen LogP) is 4.87. The number of hydrogen-bond acceptors (Lipinski definition) is 8. The van der Waals surface area contributed by atoms with Gasteiger partial charge in [0.05, 0.1) is 0 Å². The summed E-state index contributed by atoms with van der Waals surface area (Å²) in [4.78, 5) is 0. The van der Waals surface area contributed by atoms with Crippen molar-refractivity contribution in [3.63, 3.8) is 0 Å². The molecule has 2 aliphatic rings. The van der Waals surface area contributed by atoms with E-state index in [-0.39, 0.29) is 12.2 Å². The Kier molecular flexibility index (Phi) is 7.18. The summed E-state index contributed by atoms with van der Waals surface area (Å²) in [6, 6.07) is 16.3. The molecule has 152 valence electrons. The Morgan fingerprint density at radius 2 is 1.14 bits per heavy atom. The van der Waals surface area contributed by atoms with Crippen LogP contribution in [0.1, 0.15) is 11.1 Å². The Hall–Kier alpha value is -1.48. The smallest absolute Gasteiger partial charge is 0.220 e. The highest BCUT2D eigenvalue weighted by Gasteiger charge is 2.22. The molecular formula is C21H20O4S4. The second-order valence-corrected chi connectivity index (χ2v) is 9.93. The van der Waals surface area contributed by atoms with Crippen molar-refractivity contribution < 1.29 is 18.9 Å². The van der Waals surface area contributed by atoms with Gasteiger partial charge in [0.15, 0.2) is 0 Å². The molecule has 2 fully saturated rings. The zero-order valence-corrected chi connectivity index (χ0v) is 18.8. The highest BCUT2D eigenvalue weighted by Crippen LogP contribution is 2.23. The van der Waals surface area contributed by atoms with Crippen LogP contribution in [0.3, 0.4) is 0 Å². The molecule has 2 atom stereocenters. The first-order chi connectivity index (χ1) is 14.1. The first-order valence-electron chi connectivity index (χ1n) is 9.24. The molecule has 0 aliphatic carbocycles. The molecule has 4 rings (SSSR count). The van der Waals surface area contributed by atoms with Crippen molar-refractivity contribution in [1.29, 1.82) is 0 Å². The molecule has 0 spiro atoms. The molecule has 4 nitrogen and oxygen atoms in total. The molecule has 0 bridgehead atoms. The lowest BCUT2D eigenvalue weighted by atomic mass is 10.0. The predicted molar refractivity (Wildman–Crippen MR) is 127 cm³/mol. The molecule has 0 aromatic heterocycles. The van der Waals surface area contributed by atoms with Crippen LogP contribution in [-0.2, 0) is 15.9 Å². The van der Waals surface area contributed by atoms with E-state index in [0.717, 1.165) is 29.4 Å². The fraction of sp³-hybridized carbons (Fsp3) is 0.333. The molecule has 2 saturated heterocycles. The second-order valence-electron chi connectivity index (χ2n) is 6.69. The zero-order chi connectivity index (χ0) is 20.1. The molecule has 0 amide bonds. The summed E-state index contributed by atoms with van der Waals surface area (Å²) < 4.78 is 23.8. The maximum atomic E-state index is 5.80. The van der Waals surface area contributed by atoms with Crippen molar-refractivity contribution in [3.8, 4) is 11.5 Å². The van der Waals surface area contributed by atoms with E-state index in [1.54, 1.807) is 23.5 Å². The Morgan fingerprint density at radius 1 is 0.724 bits per heavy atom. The van der Waals surface area contributed by atoms with Gasteiger partial charge >= 0.3 is 0 Å². The first-order valence-corrected chi connectivity index (χ1v) is 12.0. The van der Waals surface area contributed by atoms with Gasteiger partial charge in [0.2, 0.25) is 8.77 Å². The van der Waals surface area contributed by atoms with Gasteiger partial charge in [0.1, 0.15) is 36.9 Å². The summed E-state index contributed by atoms with van der Waals surface area (Å²) in [6.07, 6.45) is 0.945. The average molecular weight is 465 g/mol. The lowest BCUT2D eigenvalue weighted by Gasteiger charge is -2.12. The third kappa shape index (κ3) is 6.25. The van der Waals surface area contributed by atoms with Crippen LogP contribution in [0.5, 0.6) is 11.5 Å². The van der Waals surface area contributed by atoms with E-state index in [1.807, 2.05) is 24.3 Å². The molecule has 2 aromatic rings. The van der Waals surface area contributed by atoms with Crippen molar-refractivity contribution in [3.05, 3.63) is 59.7 Å². The maximum absolute atomic E-state index is 5.80. The molecule has 2 unspecified atom stereocenters. The van der Waals surface area contributed by atoms with Gasteiger partial charge in [-0.2, -0.15) is 0 Å². The third-order valence-corrected chi connectivity index (χ3v) is 7.07. The van der Waals surface area contributed by atoms with E-state index in [2.05, 4.69) is 24.3 Å². The van der Waals surface area contributed by atoms with Gasteiger partial charge in [-0.25, -0.2) is 0 Å². The molecule has 29 heavy (non-hydrogen) atoms. The van der Waals surface area contributed by atoms with Gasteiger partial charge in [-0.05, 0) is 66.2 Å². The molecule has 0 N–H and O–H groups in total.